The van der Waals surface area contributed by atoms with Gasteiger partial charge < -0.3 is 33.7 Å². The number of imidazole rings is 1. The highest BCUT2D eigenvalue weighted by Crippen LogP contribution is 2.64. The predicted molar refractivity (Wildman–Crippen MR) is 200 cm³/mol. The van der Waals surface area contributed by atoms with Crippen molar-refractivity contribution in [2.45, 2.75) is 84.8 Å². The minimum Gasteiger partial charge on any atom is -0.431 e. The molecule has 16 nitrogen and oxygen atoms in total. The number of ether oxygens (including phenoxy) is 5. The second-order valence-corrected chi connectivity index (χ2v) is 15.6. The summed E-state index contributed by atoms with van der Waals surface area (Å²) in [5.74, 6) is -3.90. The van der Waals surface area contributed by atoms with Crippen LogP contribution in [-0.2, 0) is 56.6 Å². The first-order chi connectivity index (χ1) is 26.6. The van der Waals surface area contributed by atoms with Gasteiger partial charge in [0.2, 0.25) is 6.29 Å². The maximum absolute atomic E-state index is 15.5. The summed E-state index contributed by atoms with van der Waals surface area (Å²) in [6.07, 6.45) is -3.27. The van der Waals surface area contributed by atoms with E-state index < -0.39 is 67.3 Å². The van der Waals surface area contributed by atoms with E-state index in [0.29, 0.717) is 23.7 Å². The second kappa shape index (κ2) is 18.6. The number of aromatic nitrogens is 2. The van der Waals surface area contributed by atoms with E-state index >= 15 is 8.78 Å². The molecule has 0 spiro atoms. The maximum atomic E-state index is 15.5. The van der Waals surface area contributed by atoms with Gasteiger partial charge in [0.15, 0.2) is 0 Å². The maximum Gasteiger partial charge on any atom is 0.512 e. The molecule has 0 radical (unpaired) electrons. The van der Waals surface area contributed by atoms with Gasteiger partial charge in [-0.1, -0.05) is 70.5 Å². The number of nitrogens with zero attached hydrogens (tertiary/aromatic N) is 2. The van der Waals surface area contributed by atoms with Gasteiger partial charge in [-0.25, -0.2) is 19.2 Å². The number of alkyl halides is 2. The number of rotatable bonds is 16. The van der Waals surface area contributed by atoms with Gasteiger partial charge in [0.25, 0.3) is 0 Å². The van der Waals surface area contributed by atoms with Gasteiger partial charge in [-0.05, 0) is 62.6 Å². The van der Waals surface area contributed by atoms with Crippen LogP contribution in [0.25, 0.3) is 11.3 Å². The first-order valence-corrected chi connectivity index (χ1v) is 19.5. The zero-order valence-electron chi connectivity index (χ0n) is 31.4. The van der Waals surface area contributed by atoms with Crippen molar-refractivity contribution in [3.63, 3.8) is 0 Å². The third kappa shape index (κ3) is 12.0. The van der Waals surface area contributed by atoms with E-state index in [-0.39, 0.29) is 23.1 Å². The van der Waals surface area contributed by atoms with Crippen LogP contribution < -0.4 is 5.69 Å². The summed E-state index contributed by atoms with van der Waals surface area (Å²) in [5, 5.41) is 10.0. The van der Waals surface area contributed by atoms with Crippen LogP contribution >= 0.6 is 23.5 Å². The Labute approximate surface area is 333 Å². The Morgan fingerprint density at radius 3 is 2.05 bits per heavy atom. The van der Waals surface area contributed by atoms with Gasteiger partial charge in [0.05, 0.1) is 36.6 Å². The first-order valence-electron chi connectivity index (χ1n) is 17.1. The van der Waals surface area contributed by atoms with E-state index in [0.717, 1.165) is 11.6 Å². The van der Waals surface area contributed by atoms with Crippen molar-refractivity contribution in [3.8, 4) is 11.3 Å². The average Bonchev–Trinajstić information content (AvgIpc) is 3.40. The normalized spacial score (nSPS) is 14.3. The lowest BCUT2D eigenvalue weighted by Crippen LogP contribution is -2.36. The third-order valence-corrected chi connectivity index (χ3v) is 9.36. The van der Waals surface area contributed by atoms with Crippen molar-refractivity contribution >= 4 is 41.8 Å². The lowest BCUT2D eigenvalue weighted by molar-refractivity contribution is -0.445. The largest absolute Gasteiger partial charge is 0.512 e. The summed E-state index contributed by atoms with van der Waals surface area (Å²) in [6.45, 7) is 8.15. The van der Waals surface area contributed by atoms with Crippen LogP contribution in [0.2, 0.25) is 0 Å². The summed E-state index contributed by atoms with van der Waals surface area (Å²) in [6, 6.07) is 18.3. The van der Waals surface area contributed by atoms with Gasteiger partial charge in [-0.15, -0.1) is 4.67 Å². The van der Waals surface area contributed by atoms with Crippen molar-refractivity contribution in [1.29, 1.82) is 0 Å². The number of benzene rings is 3. The third-order valence-electron chi connectivity index (χ3n) is 7.48. The summed E-state index contributed by atoms with van der Waals surface area (Å²) >= 11 is 3.01. The van der Waals surface area contributed by atoms with Crippen LogP contribution in [0.3, 0.4) is 0 Å². The van der Waals surface area contributed by atoms with Gasteiger partial charge >= 0.3 is 43.2 Å². The Hall–Kier alpha value is -4.91. The standard InChI is InChI=1S/C37H40BrF2N2O14P/c1-22(2)50-34(45)53-24(5)52-32(43)28-15-13-27(14-16-28)31-21-41(19-25-10-8-7-9-11-25)33(44)42(31)20-26-12-17-29(30(38)18-26)37(39,40)57(48,49)56-55-36(6,47)54-35(46)51-23(3)4/h7-18,21-24,47H,19-20H2,1-6H3,(H,48,49). The van der Waals surface area contributed by atoms with Crippen molar-refractivity contribution in [2.24, 2.45) is 0 Å². The summed E-state index contributed by atoms with van der Waals surface area (Å²) in [5.41, 5.74) is -4.06. The van der Waals surface area contributed by atoms with Crippen molar-refractivity contribution in [1.82, 2.24) is 9.13 Å². The van der Waals surface area contributed by atoms with Gasteiger partial charge in [0.1, 0.15) is 0 Å². The molecule has 1 aromatic heterocycles. The lowest BCUT2D eigenvalue weighted by atomic mass is 10.1. The fourth-order valence-electron chi connectivity index (χ4n) is 4.97. The number of esters is 1. The molecule has 57 heavy (non-hydrogen) atoms. The van der Waals surface area contributed by atoms with E-state index in [1.807, 2.05) is 30.3 Å². The van der Waals surface area contributed by atoms with Gasteiger partial charge in [-0.2, -0.15) is 13.7 Å². The molecule has 20 heteroatoms. The molecule has 0 saturated heterocycles. The zero-order valence-corrected chi connectivity index (χ0v) is 33.9. The molecule has 3 unspecified atom stereocenters. The molecule has 0 bridgehead atoms. The number of halogens is 3. The molecule has 0 aliphatic rings. The molecule has 0 aliphatic heterocycles. The summed E-state index contributed by atoms with van der Waals surface area (Å²) in [4.78, 5) is 64.4. The van der Waals surface area contributed by atoms with E-state index in [1.54, 1.807) is 32.2 Å². The van der Waals surface area contributed by atoms with Crippen molar-refractivity contribution in [3.05, 3.63) is 116 Å². The molecule has 3 aromatic carbocycles. The Kier molecular flexibility index (Phi) is 14.6. The number of aliphatic hydroxyl groups is 1. The van der Waals surface area contributed by atoms with E-state index in [1.165, 1.54) is 54.2 Å². The molecule has 1 heterocycles. The molecule has 4 aromatic rings. The minimum absolute atomic E-state index is 0.102. The molecule has 2 N–H and O–H groups in total. The highest BCUT2D eigenvalue weighted by molar-refractivity contribution is 9.10. The SMILES string of the molecule is CC(C)OC(=O)OC(C)OC(=O)c1ccc(-c2cn(Cc3ccccc3)c(=O)n2Cc2ccc(C(F)(F)P(=O)(O)OOC(C)(O)OC(=O)OC(C)C)c(Br)c2)cc1. The Balaban J connectivity index is 1.59. The van der Waals surface area contributed by atoms with Crippen LogP contribution in [0.15, 0.2) is 88.3 Å². The lowest BCUT2D eigenvalue weighted by Gasteiger charge is -2.26. The fraction of sp³-hybridized carbons (Fsp3) is 0.351. The Morgan fingerprint density at radius 1 is 0.842 bits per heavy atom. The number of carbonyl (C=O) groups is 3. The first kappa shape index (κ1) is 44.8. The van der Waals surface area contributed by atoms with Crippen LogP contribution in [0.1, 0.15) is 68.6 Å². The monoisotopic (exact) mass is 884 g/mol. The van der Waals surface area contributed by atoms with E-state index in [4.69, 9.17) is 14.2 Å². The molecule has 0 saturated carbocycles. The highest BCUT2D eigenvalue weighted by Gasteiger charge is 2.56. The fourth-order valence-corrected chi connectivity index (χ4v) is 6.63. The molecule has 4 rings (SSSR count). The minimum atomic E-state index is -6.11. The van der Waals surface area contributed by atoms with Crippen LogP contribution in [-0.4, -0.2) is 61.9 Å². The smallest absolute Gasteiger partial charge is 0.431 e. The summed E-state index contributed by atoms with van der Waals surface area (Å²) in [7, 11) is -6.11. The molecule has 0 fully saturated rings. The van der Waals surface area contributed by atoms with Crippen molar-refractivity contribution in [2.75, 3.05) is 0 Å². The summed E-state index contributed by atoms with van der Waals surface area (Å²) < 4.78 is 74.2. The quantitative estimate of drug-likeness (QED) is 0.0278. The zero-order chi connectivity index (χ0) is 42.3. The molecular weight excluding hydrogens is 845 g/mol. The van der Waals surface area contributed by atoms with Crippen molar-refractivity contribution < 1.29 is 71.0 Å². The molecule has 3 atom stereocenters. The molecule has 0 amide bonds. The number of hydrogen-bond acceptors (Lipinski definition) is 13. The number of carbonyl (C=O) groups excluding carboxylic acids is 3. The Bertz CT molecular complexity index is 2160. The van der Waals surface area contributed by atoms with Gasteiger partial charge in [-0.3, -0.25) is 13.7 Å². The van der Waals surface area contributed by atoms with E-state index in [2.05, 4.69) is 35.0 Å². The molecule has 308 valence electrons. The van der Waals surface area contributed by atoms with E-state index in [9.17, 15) is 33.7 Å². The molecular formula is C37H40BrF2N2O14P. The Morgan fingerprint density at radius 2 is 1.46 bits per heavy atom. The predicted octanol–water partition coefficient (Wildman–Crippen LogP) is 7.65. The van der Waals surface area contributed by atoms with Crippen LogP contribution in [0.4, 0.5) is 18.4 Å². The van der Waals surface area contributed by atoms with Crippen LogP contribution in [0, 0.1) is 0 Å². The second-order valence-electron chi connectivity index (χ2n) is 13.0. The van der Waals surface area contributed by atoms with Crippen LogP contribution in [0.5, 0.6) is 0 Å². The molecule has 0 aliphatic carbocycles. The number of hydrogen-bond donors (Lipinski definition) is 2. The highest BCUT2D eigenvalue weighted by atomic mass is 79.9. The average molecular weight is 886 g/mol. The van der Waals surface area contributed by atoms with Gasteiger partial charge in [0, 0.05) is 30.1 Å². The topological polar surface area (TPSA) is 200 Å².